The summed E-state index contributed by atoms with van der Waals surface area (Å²) in [6.45, 7) is 2.38. The SMILES string of the molecule is CCNC(=O)c1cc[nH]c1O. The third-order valence-electron chi connectivity index (χ3n) is 1.31. The molecule has 1 aromatic heterocycles. The second kappa shape index (κ2) is 3.09. The van der Waals surface area contributed by atoms with Crippen LogP contribution in [-0.2, 0) is 0 Å². The Balaban J connectivity index is 2.76. The van der Waals surface area contributed by atoms with Gasteiger partial charge in [0.1, 0.15) is 5.56 Å². The number of hydrogen-bond acceptors (Lipinski definition) is 2. The van der Waals surface area contributed by atoms with Crippen molar-refractivity contribution in [2.45, 2.75) is 6.92 Å². The van der Waals surface area contributed by atoms with Crippen LogP contribution in [0.5, 0.6) is 5.88 Å². The summed E-state index contributed by atoms with van der Waals surface area (Å²) in [6, 6.07) is 1.53. The van der Waals surface area contributed by atoms with Gasteiger partial charge in [-0.15, -0.1) is 0 Å². The van der Waals surface area contributed by atoms with E-state index in [1.54, 1.807) is 0 Å². The highest BCUT2D eigenvalue weighted by Crippen LogP contribution is 2.12. The van der Waals surface area contributed by atoms with Gasteiger partial charge in [-0.3, -0.25) is 4.79 Å². The van der Waals surface area contributed by atoms with Gasteiger partial charge in [0.15, 0.2) is 0 Å². The Morgan fingerprint density at radius 2 is 2.55 bits per heavy atom. The molecule has 0 fully saturated rings. The van der Waals surface area contributed by atoms with Crippen molar-refractivity contribution in [1.29, 1.82) is 0 Å². The molecule has 1 aromatic rings. The summed E-state index contributed by atoms with van der Waals surface area (Å²) >= 11 is 0. The highest BCUT2D eigenvalue weighted by molar-refractivity contribution is 5.96. The van der Waals surface area contributed by atoms with Crippen molar-refractivity contribution in [2.24, 2.45) is 0 Å². The van der Waals surface area contributed by atoms with Crippen LogP contribution in [0.2, 0.25) is 0 Å². The van der Waals surface area contributed by atoms with E-state index in [-0.39, 0.29) is 17.4 Å². The number of hydrogen-bond donors (Lipinski definition) is 3. The van der Waals surface area contributed by atoms with Gasteiger partial charge >= 0.3 is 0 Å². The number of carbonyl (C=O) groups is 1. The Kier molecular flexibility index (Phi) is 2.15. The maximum Gasteiger partial charge on any atom is 0.256 e. The minimum Gasteiger partial charge on any atom is -0.494 e. The molecule has 3 N–H and O–H groups in total. The fraction of sp³-hybridized carbons (Fsp3) is 0.286. The highest BCUT2D eigenvalue weighted by atomic mass is 16.3. The smallest absolute Gasteiger partial charge is 0.256 e. The predicted octanol–water partition coefficient (Wildman–Crippen LogP) is 0.470. The average Bonchev–Trinajstić information content (AvgIpc) is 2.36. The van der Waals surface area contributed by atoms with Crippen LogP contribution in [0.25, 0.3) is 0 Å². The molecule has 0 radical (unpaired) electrons. The lowest BCUT2D eigenvalue weighted by Crippen LogP contribution is -2.22. The molecule has 60 valence electrons. The molecule has 0 atom stereocenters. The number of carbonyl (C=O) groups excluding carboxylic acids is 1. The average molecular weight is 154 g/mol. The molecule has 0 spiro atoms. The molecule has 1 amide bonds. The van der Waals surface area contributed by atoms with E-state index in [0.29, 0.717) is 6.54 Å². The Morgan fingerprint density at radius 3 is 3.00 bits per heavy atom. The minimum atomic E-state index is -0.258. The third-order valence-corrected chi connectivity index (χ3v) is 1.31. The molecule has 0 aliphatic carbocycles. The first kappa shape index (κ1) is 7.65. The molecule has 1 heterocycles. The quantitative estimate of drug-likeness (QED) is 0.579. The van der Waals surface area contributed by atoms with Crippen LogP contribution in [0.3, 0.4) is 0 Å². The van der Waals surface area contributed by atoms with Crippen LogP contribution in [-0.4, -0.2) is 22.5 Å². The highest BCUT2D eigenvalue weighted by Gasteiger charge is 2.09. The number of aromatic amines is 1. The third kappa shape index (κ3) is 1.52. The van der Waals surface area contributed by atoms with Crippen LogP contribution >= 0.6 is 0 Å². The lowest BCUT2D eigenvalue weighted by molar-refractivity contribution is 0.0953. The Labute approximate surface area is 64.2 Å². The molecule has 0 saturated carbocycles. The van der Waals surface area contributed by atoms with E-state index in [1.165, 1.54) is 12.3 Å². The number of aromatic hydroxyl groups is 1. The zero-order valence-corrected chi connectivity index (χ0v) is 6.22. The van der Waals surface area contributed by atoms with E-state index in [4.69, 9.17) is 5.11 Å². The topological polar surface area (TPSA) is 65.1 Å². The van der Waals surface area contributed by atoms with Gasteiger partial charge in [0, 0.05) is 12.7 Å². The molecular weight excluding hydrogens is 144 g/mol. The normalized spacial score (nSPS) is 9.55. The van der Waals surface area contributed by atoms with Crippen molar-refractivity contribution in [1.82, 2.24) is 10.3 Å². The molecule has 0 aliphatic heterocycles. The van der Waals surface area contributed by atoms with Crippen molar-refractivity contribution < 1.29 is 9.90 Å². The van der Waals surface area contributed by atoms with E-state index in [9.17, 15) is 4.79 Å². The molecular formula is C7H10N2O2. The van der Waals surface area contributed by atoms with Crippen LogP contribution < -0.4 is 5.32 Å². The second-order valence-electron chi connectivity index (χ2n) is 2.10. The lowest BCUT2D eigenvalue weighted by atomic mass is 10.3. The van der Waals surface area contributed by atoms with Crippen LogP contribution in [0.4, 0.5) is 0 Å². The predicted molar refractivity (Wildman–Crippen MR) is 40.5 cm³/mol. The number of rotatable bonds is 2. The second-order valence-corrected chi connectivity index (χ2v) is 2.10. The van der Waals surface area contributed by atoms with Crippen molar-refractivity contribution in [3.05, 3.63) is 17.8 Å². The van der Waals surface area contributed by atoms with E-state index >= 15 is 0 Å². The summed E-state index contributed by atoms with van der Waals surface area (Å²) in [7, 11) is 0. The molecule has 0 unspecified atom stereocenters. The van der Waals surface area contributed by atoms with Gasteiger partial charge in [0.25, 0.3) is 5.91 Å². The standard InChI is InChI=1S/C7H10N2O2/c1-2-8-6(10)5-3-4-9-7(5)11/h3-4,9,11H,2H2,1H3,(H,8,10). The van der Waals surface area contributed by atoms with E-state index in [0.717, 1.165) is 0 Å². The minimum absolute atomic E-state index is 0.0871. The largest absolute Gasteiger partial charge is 0.494 e. The molecule has 0 aliphatic rings. The van der Waals surface area contributed by atoms with Crippen LogP contribution in [0.15, 0.2) is 12.3 Å². The molecule has 4 nitrogen and oxygen atoms in total. The van der Waals surface area contributed by atoms with Gasteiger partial charge in [0.05, 0.1) is 0 Å². The molecule has 4 heteroatoms. The summed E-state index contributed by atoms with van der Waals surface area (Å²) in [6.07, 6.45) is 1.51. The number of amides is 1. The maximum absolute atomic E-state index is 11.0. The van der Waals surface area contributed by atoms with Crippen molar-refractivity contribution >= 4 is 5.91 Å². The Bertz CT molecular complexity index is 255. The van der Waals surface area contributed by atoms with Gasteiger partial charge < -0.3 is 15.4 Å². The van der Waals surface area contributed by atoms with Gasteiger partial charge in [-0.05, 0) is 13.0 Å². The molecule has 11 heavy (non-hydrogen) atoms. The van der Waals surface area contributed by atoms with E-state index in [1.807, 2.05) is 6.92 Å². The maximum atomic E-state index is 11.0. The number of nitrogens with one attached hydrogen (secondary N) is 2. The van der Waals surface area contributed by atoms with Crippen LogP contribution in [0, 0.1) is 0 Å². The zero-order valence-electron chi connectivity index (χ0n) is 6.22. The number of H-pyrrole nitrogens is 1. The molecule has 0 aromatic carbocycles. The first-order valence-corrected chi connectivity index (χ1v) is 3.40. The summed E-state index contributed by atoms with van der Waals surface area (Å²) < 4.78 is 0. The molecule has 0 saturated heterocycles. The zero-order chi connectivity index (χ0) is 8.27. The van der Waals surface area contributed by atoms with Gasteiger partial charge in [-0.25, -0.2) is 0 Å². The Hall–Kier alpha value is -1.45. The summed E-state index contributed by atoms with van der Waals surface area (Å²) in [5, 5.41) is 11.6. The van der Waals surface area contributed by atoms with Crippen molar-refractivity contribution in [2.75, 3.05) is 6.54 Å². The van der Waals surface area contributed by atoms with Crippen molar-refractivity contribution in [3.8, 4) is 5.88 Å². The van der Waals surface area contributed by atoms with Crippen molar-refractivity contribution in [3.63, 3.8) is 0 Å². The first-order chi connectivity index (χ1) is 5.25. The van der Waals surface area contributed by atoms with Crippen LogP contribution in [0.1, 0.15) is 17.3 Å². The van der Waals surface area contributed by atoms with E-state index < -0.39 is 0 Å². The number of aromatic nitrogens is 1. The summed E-state index contributed by atoms with van der Waals surface area (Å²) in [4.78, 5) is 13.5. The van der Waals surface area contributed by atoms with Gasteiger partial charge in [0.2, 0.25) is 5.88 Å². The lowest BCUT2D eigenvalue weighted by Gasteiger charge is -1.98. The first-order valence-electron chi connectivity index (χ1n) is 3.40. The fourth-order valence-corrected chi connectivity index (χ4v) is 0.800. The fourth-order valence-electron chi connectivity index (χ4n) is 0.800. The molecule has 0 bridgehead atoms. The summed E-state index contributed by atoms with van der Waals surface area (Å²) in [5.74, 6) is -0.345. The summed E-state index contributed by atoms with van der Waals surface area (Å²) in [5.41, 5.74) is 0.284. The van der Waals surface area contributed by atoms with E-state index in [2.05, 4.69) is 10.3 Å². The Morgan fingerprint density at radius 1 is 1.82 bits per heavy atom. The van der Waals surface area contributed by atoms with Gasteiger partial charge in [-0.1, -0.05) is 0 Å². The molecule has 1 rings (SSSR count). The van der Waals surface area contributed by atoms with Gasteiger partial charge in [-0.2, -0.15) is 0 Å². The monoisotopic (exact) mass is 154 g/mol.